The van der Waals surface area contributed by atoms with Crippen molar-refractivity contribution >= 4 is 22.9 Å². The molecule has 9 heteroatoms. The smallest absolute Gasteiger partial charge is 0.245 e. The fourth-order valence-corrected chi connectivity index (χ4v) is 3.88. The fraction of sp³-hybridized carbons (Fsp3) is 0.500. The molecule has 0 N–H and O–H groups in total. The summed E-state index contributed by atoms with van der Waals surface area (Å²) in [7, 11) is 0. The largest absolute Gasteiger partial charge is 0.378 e. The molecule has 0 unspecified atom stereocenters. The van der Waals surface area contributed by atoms with Crippen molar-refractivity contribution in [2.75, 3.05) is 49.2 Å². The van der Waals surface area contributed by atoms with Gasteiger partial charge in [0.15, 0.2) is 11.6 Å². The number of rotatable bonds is 5. The molecule has 2 aliphatic rings. The first-order valence-corrected chi connectivity index (χ1v) is 10.1. The third-order valence-corrected chi connectivity index (χ3v) is 5.40. The third kappa shape index (κ3) is 4.01. The Hall–Kier alpha value is -2.78. The van der Waals surface area contributed by atoms with Crippen LogP contribution in [0.15, 0.2) is 35.0 Å². The second-order valence-corrected chi connectivity index (χ2v) is 7.39. The number of benzene rings is 1. The minimum atomic E-state index is 0.148. The van der Waals surface area contributed by atoms with Crippen molar-refractivity contribution in [2.24, 2.45) is 0 Å². The van der Waals surface area contributed by atoms with Crippen molar-refractivity contribution in [2.45, 2.75) is 25.6 Å². The number of aromatic nitrogens is 4. The SMILES string of the molecule is c1ccc(CO[C@@H]2CCCN(c3nc4nonc4nc3N3CCOCC3)C2)cc1. The fourth-order valence-electron chi connectivity index (χ4n) is 3.88. The number of ether oxygens (including phenoxy) is 2. The van der Waals surface area contributed by atoms with Crippen LogP contribution in [0.3, 0.4) is 0 Å². The molecule has 0 aliphatic carbocycles. The van der Waals surface area contributed by atoms with Gasteiger partial charge in [0.1, 0.15) is 0 Å². The van der Waals surface area contributed by atoms with Gasteiger partial charge in [-0.15, -0.1) is 0 Å². The van der Waals surface area contributed by atoms with Gasteiger partial charge in [-0.2, -0.15) is 0 Å². The van der Waals surface area contributed by atoms with Crippen LogP contribution in [0.1, 0.15) is 18.4 Å². The molecular weight excluding hydrogens is 372 g/mol. The lowest BCUT2D eigenvalue weighted by atomic mass is 10.1. The van der Waals surface area contributed by atoms with E-state index in [-0.39, 0.29) is 6.10 Å². The van der Waals surface area contributed by atoms with Gasteiger partial charge in [0.2, 0.25) is 11.3 Å². The molecule has 2 aromatic heterocycles. The van der Waals surface area contributed by atoms with Crippen LogP contribution in [0.2, 0.25) is 0 Å². The molecule has 0 bridgehead atoms. The Bertz CT molecular complexity index is 944. The van der Waals surface area contributed by atoms with Crippen LogP contribution in [0, 0.1) is 0 Å². The maximum absolute atomic E-state index is 6.21. The second kappa shape index (κ2) is 8.30. The van der Waals surface area contributed by atoms with Gasteiger partial charge >= 0.3 is 0 Å². The lowest BCUT2D eigenvalue weighted by Crippen LogP contribution is -2.43. The normalized spacial score (nSPS) is 20.3. The number of hydrogen-bond acceptors (Lipinski definition) is 9. The molecule has 0 saturated carbocycles. The first-order valence-electron chi connectivity index (χ1n) is 10.1. The van der Waals surface area contributed by atoms with Crippen LogP contribution >= 0.6 is 0 Å². The predicted molar refractivity (Wildman–Crippen MR) is 107 cm³/mol. The summed E-state index contributed by atoms with van der Waals surface area (Å²) < 4.78 is 16.6. The quantitative estimate of drug-likeness (QED) is 0.642. The van der Waals surface area contributed by atoms with Gasteiger partial charge in [0, 0.05) is 26.2 Å². The van der Waals surface area contributed by atoms with E-state index in [1.807, 2.05) is 18.2 Å². The molecule has 0 spiro atoms. The highest BCUT2D eigenvalue weighted by Gasteiger charge is 2.28. The first-order chi connectivity index (χ1) is 14.4. The van der Waals surface area contributed by atoms with E-state index < -0.39 is 0 Å². The van der Waals surface area contributed by atoms with Crippen LogP contribution in [0.4, 0.5) is 11.6 Å². The number of fused-ring (bicyclic) bond motifs is 1. The molecule has 5 rings (SSSR count). The summed E-state index contributed by atoms with van der Waals surface area (Å²) >= 11 is 0. The molecule has 2 aliphatic heterocycles. The van der Waals surface area contributed by atoms with E-state index in [0.29, 0.717) is 31.1 Å². The van der Waals surface area contributed by atoms with Crippen LogP contribution in [-0.4, -0.2) is 65.8 Å². The molecule has 2 fully saturated rings. The Morgan fingerprint density at radius 1 is 0.931 bits per heavy atom. The van der Waals surface area contributed by atoms with E-state index in [0.717, 1.165) is 50.7 Å². The first kappa shape index (κ1) is 18.3. The zero-order valence-electron chi connectivity index (χ0n) is 16.2. The minimum absolute atomic E-state index is 0.148. The van der Waals surface area contributed by atoms with Crippen molar-refractivity contribution in [1.82, 2.24) is 20.3 Å². The van der Waals surface area contributed by atoms with Gasteiger partial charge in [0.25, 0.3) is 0 Å². The van der Waals surface area contributed by atoms with Crippen molar-refractivity contribution in [3.8, 4) is 0 Å². The molecule has 2 saturated heterocycles. The molecule has 1 atom stereocenters. The number of piperidine rings is 1. The Balaban J connectivity index is 1.37. The van der Waals surface area contributed by atoms with Crippen molar-refractivity contribution in [1.29, 1.82) is 0 Å². The van der Waals surface area contributed by atoms with Crippen LogP contribution in [0.25, 0.3) is 11.3 Å². The number of hydrogen-bond donors (Lipinski definition) is 0. The van der Waals surface area contributed by atoms with E-state index >= 15 is 0 Å². The monoisotopic (exact) mass is 396 g/mol. The van der Waals surface area contributed by atoms with E-state index in [9.17, 15) is 0 Å². The summed E-state index contributed by atoms with van der Waals surface area (Å²) in [4.78, 5) is 13.9. The van der Waals surface area contributed by atoms with E-state index in [1.54, 1.807) is 0 Å². The van der Waals surface area contributed by atoms with Gasteiger partial charge < -0.3 is 19.3 Å². The molecule has 29 heavy (non-hydrogen) atoms. The minimum Gasteiger partial charge on any atom is -0.378 e. The van der Waals surface area contributed by atoms with Crippen LogP contribution in [0.5, 0.6) is 0 Å². The predicted octanol–water partition coefficient (Wildman–Crippen LogP) is 2.03. The average molecular weight is 396 g/mol. The highest BCUT2D eigenvalue weighted by molar-refractivity contribution is 5.74. The van der Waals surface area contributed by atoms with E-state index in [1.165, 1.54) is 5.56 Å². The average Bonchev–Trinajstić information content (AvgIpc) is 3.26. The molecule has 0 amide bonds. The lowest BCUT2D eigenvalue weighted by molar-refractivity contribution is 0.0314. The lowest BCUT2D eigenvalue weighted by Gasteiger charge is -2.36. The molecule has 4 heterocycles. The maximum Gasteiger partial charge on any atom is 0.245 e. The number of anilines is 2. The summed E-state index contributed by atoms with van der Waals surface area (Å²) in [5.74, 6) is 1.64. The second-order valence-electron chi connectivity index (χ2n) is 7.39. The molecule has 0 radical (unpaired) electrons. The summed E-state index contributed by atoms with van der Waals surface area (Å²) in [6, 6.07) is 10.3. The van der Waals surface area contributed by atoms with Crippen LogP contribution < -0.4 is 9.80 Å². The topological polar surface area (TPSA) is 89.6 Å². The van der Waals surface area contributed by atoms with E-state index in [2.05, 4.69) is 32.2 Å². The Morgan fingerprint density at radius 3 is 2.41 bits per heavy atom. The Kier molecular flexibility index (Phi) is 5.23. The van der Waals surface area contributed by atoms with Gasteiger partial charge in [-0.1, -0.05) is 30.3 Å². The van der Waals surface area contributed by atoms with Crippen molar-refractivity contribution in [3.63, 3.8) is 0 Å². The van der Waals surface area contributed by atoms with Gasteiger partial charge in [-0.25, -0.2) is 14.6 Å². The molecule has 3 aromatic rings. The maximum atomic E-state index is 6.21. The summed E-state index contributed by atoms with van der Waals surface area (Å²) in [6.07, 6.45) is 2.23. The highest BCUT2D eigenvalue weighted by atomic mass is 16.6. The van der Waals surface area contributed by atoms with Gasteiger partial charge in [0.05, 0.1) is 25.9 Å². The number of nitrogens with zero attached hydrogens (tertiary/aromatic N) is 6. The van der Waals surface area contributed by atoms with E-state index in [4.69, 9.17) is 24.1 Å². The summed E-state index contributed by atoms with van der Waals surface area (Å²) in [5, 5.41) is 7.77. The molecular formula is C20H24N6O3. The summed E-state index contributed by atoms with van der Waals surface area (Å²) in [6.45, 7) is 5.22. The number of morpholine rings is 1. The van der Waals surface area contributed by atoms with Crippen LogP contribution in [-0.2, 0) is 16.1 Å². The highest BCUT2D eigenvalue weighted by Crippen LogP contribution is 2.30. The molecule has 9 nitrogen and oxygen atoms in total. The Morgan fingerprint density at radius 2 is 1.66 bits per heavy atom. The van der Waals surface area contributed by atoms with Gasteiger partial charge in [-0.3, -0.25) is 0 Å². The molecule has 1 aromatic carbocycles. The van der Waals surface area contributed by atoms with Crippen molar-refractivity contribution in [3.05, 3.63) is 35.9 Å². The van der Waals surface area contributed by atoms with Gasteiger partial charge in [-0.05, 0) is 28.7 Å². The van der Waals surface area contributed by atoms with Crippen molar-refractivity contribution < 1.29 is 14.1 Å². The molecule has 152 valence electrons. The third-order valence-electron chi connectivity index (χ3n) is 5.40. The zero-order valence-corrected chi connectivity index (χ0v) is 16.2. The zero-order chi connectivity index (χ0) is 19.5. The standard InChI is InChI=1S/C20H24N6O3/c1-2-5-15(6-3-1)14-28-16-7-4-8-26(13-16)20-19(25-9-11-27-12-10-25)21-17-18(22-20)24-29-23-17/h1-3,5-6,16H,4,7-14H2/t16-/m1/s1. The summed E-state index contributed by atoms with van der Waals surface area (Å²) in [5.41, 5.74) is 2.06. The Labute approximate surface area is 168 Å².